The second-order valence-electron chi connectivity index (χ2n) is 6.15. The Balaban J connectivity index is 2.19. The third kappa shape index (κ3) is 3.60. The average Bonchev–Trinajstić information content (AvgIpc) is 2.98. The molecular formula is C22H18N2O3. The molecule has 0 spiro atoms. The number of aromatic carboxylic acids is 1. The van der Waals surface area contributed by atoms with Crippen LogP contribution in [0, 0.1) is 25.7 Å². The van der Waals surface area contributed by atoms with Crippen molar-refractivity contribution in [2.45, 2.75) is 13.8 Å². The first kappa shape index (κ1) is 18.0. The maximum absolute atomic E-state index is 11.8. The van der Waals surface area contributed by atoms with Crippen LogP contribution in [0.1, 0.15) is 43.2 Å². The van der Waals surface area contributed by atoms with E-state index in [4.69, 9.17) is 5.73 Å². The highest BCUT2D eigenvalue weighted by Gasteiger charge is 2.17. The van der Waals surface area contributed by atoms with Gasteiger partial charge in [0.25, 0.3) is 0 Å². The van der Waals surface area contributed by atoms with Crippen molar-refractivity contribution < 1.29 is 14.7 Å². The van der Waals surface area contributed by atoms with Gasteiger partial charge in [-0.15, -0.1) is 0 Å². The molecule has 2 aromatic carbocycles. The molecule has 3 N–H and O–H groups in total. The number of carboxylic acids is 1. The second kappa shape index (κ2) is 7.22. The Bertz CT molecular complexity index is 1090. The number of aromatic nitrogens is 1. The summed E-state index contributed by atoms with van der Waals surface area (Å²) in [5.41, 5.74) is 9.43. The predicted molar refractivity (Wildman–Crippen MR) is 103 cm³/mol. The van der Waals surface area contributed by atoms with Crippen LogP contribution >= 0.6 is 0 Å². The number of nitrogens with zero attached hydrogens (tertiary/aromatic N) is 1. The van der Waals surface area contributed by atoms with Crippen LogP contribution in [0.4, 0.5) is 0 Å². The van der Waals surface area contributed by atoms with E-state index in [0.717, 1.165) is 11.4 Å². The van der Waals surface area contributed by atoms with Crippen molar-refractivity contribution in [1.29, 1.82) is 0 Å². The summed E-state index contributed by atoms with van der Waals surface area (Å²) in [7, 11) is 0. The molecule has 1 aromatic heterocycles. The van der Waals surface area contributed by atoms with E-state index < -0.39 is 11.9 Å². The van der Waals surface area contributed by atoms with Gasteiger partial charge < -0.3 is 15.4 Å². The minimum atomic E-state index is -1.02. The van der Waals surface area contributed by atoms with Crippen molar-refractivity contribution >= 4 is 11.9 Å². The summed E-state index contributed by atoms with van der Waals surface area (Å²) in [5, 5.41) is 9.64. The fraction of sp³-hybridized carbons (Fsp3) is 0.0909. The number of benzene rings is 2. The summed E-state index contributed by atoms with van der Waals surface area (Å²) in [4.78, 5) is 23.1. The Kier molecular flexibility index (Phi) is 4.82. The van der Waals surface area contributed by atoms with Crippen molar-refractivity contribution in [3.8, 4) is 17.5 Å². The lowest BCUT2D eigenvalue weighted by Crippen LogP contribution is -2.10. The molecule has 0 aliphatic carbocycles. The number of carbonyl (C=O) groups is 2. The van der Waals surface area contributed by atoms with Gasteiger partial charge in [-0.2, -0.15) is 0 Å². The van der Waals surface area contributed by atoms with E-state index in [0.29, 0.717) is 22.4 Å². The second-order valence-corrected chi connectivity index (χ2v) is 6.15. The quantitative estimate of drug-likeness (QED) is 0.705. The SMILES string of the molecule is Cc1ccc(C)n1-c1c(C#Cc2cccc(C(N)=O)c2)cccc1C(=O)O. The van der Waals surface area contributed by atoms with Gasteiger partial charge in [0.1, 0.15) is 0 Å². The van der Waals surface area contributed by atoms with E-state index in [-0.39, 0.29) is 5.56 Å². The highest BCUT2D eigenvalue weighted by Crippen LogP contribution is 2.24. The molecule has 3 rings (SSSR count). The van der Waals surface area contributed by atoms with Crippen LogP contribution in [-0.4, -0.2) is 21.6 Å². The van der Waals surface area contributed by atoms with E-state index in [1.807, 2.05) is 30.5 Å². The summed E-state index contributed by atoms with van der Waals surface area (Å²) in [6.07, 6.45) is 0. The summed E-state index contributed by atoms with van der Waals surface area (Å²) >= 11 is 0. The van der Waals surface area contributed by atoms with E-state index in [9.17, 15) is 14.7 Å². The molecule has 0 aliphatic rings. The predicted octanol–water partition coefficient (Wildman–Crippen LogP) is 3.29. The number of aryl methyl sites for hydroxylation is 2. The Morgan fingerprint density at radius 1 is 0.963 bits per heavy atom. The maximum atomic E-state index is 11.8. The first-order valence-electron chi connectivity index (χ1n) is 8.32. The summed E-state index contributed by atoms with van der Waals surface area (Å²) in [6, 6.07) is 15.6. The average molecular weight is 358 g/mol. The normalized spacial score (nSPS) is 10.1. The number of hydrogen-bond donors (Lipinski definition) is 2. The van der Waals surface area contributed by atoms with E-state index >= 15 is 0 Å². The number of amides is 1. The molecule has 0 saturated heterocycles. The fourth-order valence-corrected chi connectivity index (χ4v) is 2.97. The van der Waals surface area contributed by atoms with Crippen LogP contribution in [0.2, 0.25) is 0 Å². The third-order valence-electron chi connectivity index (χ3n) is 4.25. The maximum Gasteiger partial charge on any atom is 0.337 e. The van der Waals surface area contributed by atoms with Crippen molar-refractivity contribution in [2.75, 3.05) is 0 Å². The molecular weight excluding hydrogens is 340 g/mol. The van der Waals surface area contributed by atoms with Crippen molar-refractivity contribution in [3.63, 3.8) is 0 Å². The van der Waals surface area contributed by atoms with Gasteiger partial charge in [0, 0.05) is 28.1 Å². The first-order chi connectivity index (χ1) is 12.9. The number of rotatable bonds is 3. The monoisotopic (exact) mass is 358 g/mol. The Morgan fingerprint density at radius 2 is 1.63 bits per heavy atom. The molecule has 1 heterocycles. The lowest BCUT2D eigenvalue weighted by Gasteiger charge is -2.14. The van der Waals surface area contributed by atoms with Crippen molar-refractivity contribution in [2.24, 2.45) is 5.73 Å². The van der Waals surface area contributed by atoms with Crippen LogP contribution in [0.5, 0.6) is 0 Å². The summed E-state index contributed by atoms with van der Waals surface area (Å²) in [6.45, 7) is 3.83. The van der Waals surface area contributed by atoms with Crippen molar-refractivity contribution in [3.05, 3.63) is 88.2 Å². The number of carbonyl (C=O) groups excluding carboxylic acids is 1. The van der Waals surface area contributed by atoms with Crippen LogP contribution in [0.25, 0.3) is 5.69 Å². The zero-order valence-electron chi connectivity index (χ0n) is 15.0. The highest BCUT2D eigenvalue weighted by molar-refractivity contribution is 5.94. The number of para-hydroxylation sites is 1. The van der Waals surface area contributed by atoms with Gasteiger partial charge in [0.05, 0.1) is 11.3 Å². The number of primary amides is 1. The van der Waals surface area contributed by atoms with Crippen LogP contribution in [0.15, 0.2) is 54.6 Å². The topological polar surface area (TPSA) is 85.3 Å². The van der Waals surface area contributed by atoms with Crippen molar-refractivity contribution in [1.82, 2.24) is 4.57 Å². The fourth-order valence-electron chi connectivity index (χ4n) is 2.97. The first-order valence-corrected chi connectivity index (χ1v) is 8.32. The van der Waals surface area contributed by atoms with Gasteiger partial charge in [-0.1, -0.05) is 24.0 Å². The van der Waals surface area contributed by atoms with Gasteiger partial charge in [-0.05, 0) is 56.3 Å². The Hall–Kier alpha value is -3.78. The minimum absolute atomic E-state index is 0.176. The number of nitrogens with two attached hydrogens (primary N) is 1. The summed E-state index contributed by atoms with van der Waals surface area (Å²) in [5.74, 6) is 4.51. The molecule has 134 valence electrons. The Morgan fingerprint density at radius 3 is 2.26 bits per heavy atom. The summed E-state index contributed by atoms with van der Waals surface area (Å²) < 4.78 is 1.88. The molecule has 0 fully saturated rings. The number of carboxylic acid groups (broad SMARTS) is 1. The molecule has 0 atom stereocenters. The molecule has 0 unspecified atom stereocenters. The number of hydrogen-bond acceptors (Lipinski definition) is 2. The van der Waals surface area contributed by atoms with Gasteiger partial charge >= 0.3 is 5.97 Å². The smallest absolute Gasteiger partial charge is 0.337 e. The van der Waals surface area contributed by atoms with E-state index in [2.05, 4.69) is 11.8 Å². The van der Waals surface area contributed by atoms with Crippen LogP contribution < -0.4 is 5.73 Å². The zero-order valence-corrected chi connectivity index (χ0v) is 15.0. The van der Waals surface area contributed by atoms with Gasteiger partial charge in [0.2, 0.25) is 5.91 Å². The molecule has 0 radical (unpaired) electrons. The van der Waals surface area contributed by atoms with Gasteiger partial charge in [-0.25, -0.2) is 4.79 Å². The third-order valence-corrected chi connectivity index (χ3v) is 4.25. The van der Waals surface area contributed by atoms with Gasteiger partial charge in [0.15, 0.2) is 0 Å². The molecule has 0 bridgehead atoms. The lowest BCUT2D eigenvalue weighted by molar-refractivity contribution is 0.0696. The highest BCUT2D eigenvalue weighted by atomic mass is 16.4. The van der Waals surface area contributed by atoms with Crippen LogP contribution in [0.3, 0.4) is 0 Å². The lowest BCUT2D eigenvalue weighted by atomic mass is 10.1. The molecule has 27 heavy (non-hydrogen) atoms. The standard InChI is InChI=1S/C22H18N2O3/c1-14-9-10-15(2)24(14)20-17(6-4-8-19(20)22(26)27)12-11-16-5-3-7-18(13-16)21(23)25/h3-10,13H,1-2H3,(H2,23,25)(H,26,27). The molecule has 0 saturated carbocycles. The molecule has 5 heteroatoms. The Labute approximate surface area is 157 Å². The van der Waals surface area contributed by atoms with Crippen LogP contribution in [-0.2, 0) is 0 Å². The molecule has 5 nitrogen and oxygen atoms in total. The molecule has 3 aromatic rings. The van der Waals surface area contributed by atoms with Gasteiger partial charge in [-0.3, -0.25) is 4.79 Å². The van der Waals surface area contributed by atoms with E-state index in [1.165, 1.54) is 0 Å². The molecule has 0 aliphatic heterocycles. The largest absolute Gasteiger partial charge is 0.478 e. The zero-order chi connectivity index (χ0) is 19.6. The van der Waals surface area contributed by atoms with E-state index in [1.54, 1.807) is 42.5 Å². The minimum Gasteiger partial charge on any atom is -0.478 e. The molecule has 1 amide bonds.